The molecule has 1 unspecified atom stereocenters. The highest BCUT2D eigenvalue weighted by Gasteiger charge is 2.15. The van der Waals surface area contributed by atoms with Gasteiger partial charge in [0.15, 0.2) is 5.38 Å². The summed E-state index contributed by atoms with van der Waals surface area (Å²) in [6.45, 7) is 4.18. The number of carbonyl (C=O) groups is 1. The smallest absolute Gasteiger partial charge is 0.326 e. The lowest BCUT2D eigenvalue weighted by molar-refractivity contribution is -0.136. The minimum absolute atomic E-state index is 0.447. The molecular weight excluding hydrogens is 200 g/mol. The van der Waals surface area contributed by atoms with E-state index < -0.39 is 11.3 Å². The van der Waals surface area contributed by atoms with Crippen molar-refractivity contribution in [2.45, 2.75) is 25.1 Å². The van der Waals surface area contributed by atoms with E-state index in [1.807, 2.05) is 12.1 Å². The van der Waals surface area contributed by atoms with Crippen LogP contribution < -0.4 is 0 Å². The van der Waals surface area contributed by atoms with E-state index in [-0.39, 0.29) is 0 Å². The first-order chi connectivity index (χ1) is 6.52. The van der Waals surface area contributed by atoms with Crippen molar-refractivity contribution in [3.8, 4) is 0 Å². The highest BCUT2D eigenvalue weighted by molar-refractivity contribution is 6.29. The maximum atomic E-state index is 10.6. The van der Waals surface area contributed by atoms with Crippen molar-refractivity contribution in [2.75, 3.05) is 0 Å². The third-order valence-electron chi connectivity index (χ3n) is 2.11. The van der Waals surface area contributed by atoms with Crippen LogP contribution in [0.15, 0.2) is 24.3 Å². The lowest BCUT2D eigenvalue weighted by Crippen LogP contribution is -2.04. The topological polar surface area (TPSA) is 37.3 Å². The third kappa shape index (κ3) is 2.48. The molecule has 1 atom stereocenters. The quantitative estimate of drug-likeness (QED) is 0.782. The van der Waals surface area contributed by atoms with E-state index in [2.05, 4.69) is 13.8 Å². The van der Waals surface area contributed by atoms with Gasteiger partial charge >= 0.3 is 5.97 Å². The standard InChI is InChI=1S/C11H13ClO2/c1-7(2)8-3-5-9(6-4-8)10(12)11(13)14/h3-7,10H,1-2H3,(H,13,14). The minimum atomic E-state index is -1.01. The van der Waals surface area contributed by atoms with Crippen molar-refractivity contribution in [3.05, 3.63) is 35.4 Å². The van der Waals surface area contributed by atoms with Crippen LogP contribution >= 0.6 is 11.6 Å². The second kappa shape index (κ2) is 4.47. The molecule has 0 radical (unpaired) electrons. The minimum Gasteiger partial charge on any atom is -0.480 e. The van der Waals surface area contributed by atoms with Gasteiger partial charge in [-0.2, -0.15) is 0 Å². The second-order valence-electron chi connectivity index (χ2n) is 3.52. The second-order valence-corrected chi connectivity index (χ2v) is 3.96. The van der Waals surface area contributed by atoms with Crippen molar-refractivity contribution in [1.82, 2.24) is 0 Å². The fraction of sp³-hybridized carbons (Fsp3) is 0.364. The van der Waals surface area contributed by atoms with Gasteiger partial charge in [0.25, 0.3) is 0 Å². The van der Waals surface area contributed by atoms with Crippen LogP contribution in [0.3, 0.4) is 0 Å². The molecule has 1 rings (SSSR count). The van der Waals surface area contributed by atoms with Crippen LogP contribution in [0.25, 0.3) is 0 Å². The molecule has 0 aliphatic rings. The van der Waals surface area contributed by atoms with Gasteiger partial charge in [0.1, 0.15) is 0 Å². The first-order valence-corrected chi connectivity index (χ1v) is 4.92. The van der Waals surface area contributed by atoms with E-state index >= 15 is 0 Å². The third-order valence-corrected chi connectivity index (χ3v) is 2.55. The molecule has 0 saturated carbocycles. The van der Waals surface area contributed by atoms with Crippen LogP contribution in [0.4, 0.5) is 0 Å². The molecular formula is C11H13ClO2. The number of carboxylic acid groups (broad SMARTS) is 1. The van der Waals surface area contributed by atoms with Gasteiger partial charge in [-0.3, -0.25) is 4.79 Å². The number of aliphatic carboxylic acids is 1. The lowest BCUT2D eigenvalue weighted by Gasteiger charge is -2.08. The zero-order valence-corrected chi connectivity index (χ0v) is 8.95. The van der Waals surface area contributed by atoms with Crippen LogP contribution in [0.2, 0.25) is 0 Å². The van der Waals surface area contributed by atoms with Crippen molar-refractivity contribution >= 4 is 17.6 Å². The molecule has 0 heterocycles. The van der Waals surface area contributed by atoms with E-state index in [1.54, 1.807) is 12.1 Å². The molecule has 1 aromatic rings. The van der Waals surface area contributed by atoms with Gasteiger partial charge in [0.2, 0.25) is 0 Å². The van der Waals surface area contributed by atoms with Gasteiger partial charge < -0.3 is 5.11 Å². The Kier molecular flexibility index (Phi) is 3.53. The molecule has 0 aliphatic carbocycles. The van der Waals surface area contributed by atoms with Crippen molar-refractivity contribution in [2.24, 2.45) is 0 Å². The van der Waals surface area contributed by atoms with Crippen molar-refractivity contribution in [1.29, 1.82) is 0 Å². The predicted octanol–water partition coefficient (Wildman–Crippen LogP) is 3.17. The number of rotatable bonds is 3. The Hall–Kier alpha value is -1.02. The first kappa shape index (κ1) is 11.1. The first-order valence-electron chi connectivity index (χ1n) is 4.49. The fourth-order valence-electron chi connectivity index (χ4n) is 1.19. The van der Waals surface area contributed by atoms with Gasteiger partial charge in [-0.15, -0.1) is 11.6 Å². The molecule has 0 fully saturated rings. The van der Waals surface area contributed by atoms with Crippen LogP contribution in [-0.4, -0.2) is 11.1 Å². The average Bonchev–Trinajstić information content (AvgIpc) is 2.16. The SMILES string of the molecule is CC(C)c1ccc(C(Cl)C(=O)O)cc1. The van der Waals surface area contributed by atoms with Crippen molar-refractivity contribution in [3.63, 3.8) is 0 Å². The normalized spacial score (nSPS) is 12.9. The Morgan fingerprint density at radius 3 is 2.00 bits per heavy atom. The van der Waals surface area contributed by atoms with E-state index in [9.17, 15) is 4.79 Å². The molecule has 0 amide bonds. The maximum absolute atomic E-state index is 10.6. The molecule has 1 aromatic carbocycles. The molecule has 2 nitrogen and oxygen atoms in total. The number of benzene rings is 1. The van der Waals surface area contributed by atoms with E-state index in [0.29, 0.717) is 11.5 Å². The van der Waals surface area contributed by atoms with Crippen LogP contribution in [0, 0.1) is 0 Å². The van der Waals surface area contributed by atoms with Gasteiger partial charge in [-0.1, -0.05) is 38.1 Å². The summed E-state index contributed by atoms with van der Waals surface area (Å²) >= 11 is 5.67. The zero-order valence-electron chi connectivity index (χ0n) is 8.20. The van der Waals surface area contributed by atoms with Crippen LogP contribution in [0.5, 0.6) is 0 Å². The number of halogens is 1. The van der Waals surface area contributed by atoms with Gasteiger partial charge in [-0.25, -0.2) is 0 Å². The number of alkyl halides is 1. The van der Waals surface area contributed by atoms with Gasteiger partial charge in [-0.05, 0) is 17.0 Å². The lowest BCUT2D eigenvalue weighted by atomic mass is 10.0. The zero-order chi connectivity index (χ0) is 10.7. The number of hydrogen-bond acceptors (Lipinski definition) is 1. The van der Waals surface area contributed by atoms with Crippen LogP contribution in [-0.2, 0) is 4.79 Å². The van der Waals surface area contributed by atoms with E-state index in [1.165, 1.54) is 5.56 Å². The summed E-state index contributed by atoms with van der Waals surface area (Å²) in [6, 6.07) is 7.36. The van der Waals surface area contributed by atoms with Crippen LogP contribution in [0.1, 0.15) is 36.3 Å². The van der Waals surface area contributed by atoms with E-state index in [0.717, 1.165) is 0 Å². The molecule has 0 aliphatic heterocycles. The monoisotopic (exact) mass is 212 g/mol. The highest BCUT2D eigenvalue weighted by Crippen LogP contribution is 2.23. The molecule has 76 valence electrons. The Morgan fingerprint density at radius 1 is 1.21 bits per heavy atom. The van der Waals surface area contributed by atoms with Crippen molar-refractivity contribution < 1.29 is 9.90 Å². The largest absolute Gasteiger partial charge is 0.480 e. The van der Waals surface area contributed by atoms with Gasteiger partial charge in [0, 0.05) is 0 Å². The highest BCUT2D eigenvalue weighted by atomic mass is 35.5. The summed E-state index contributed by atoms with van der Waals surface area (Å²) in [5.41, 5.74) is 1.81. The molecule has 0 bridgehead atoms. The molecule has 1 N–H and O–H groups in total. The predicted molar refractivity (Wildman–Crippen MR) is 56.8 cm³/mol. The average molecular weight is 213 g/mol. The molecule has 0 aromatic heterocycles. The molecule has 3 heteroatoms. The molecule has 0 spiro atoms. The fourth-order valence-corrected chi connectivity index (χ4v) is 1.34. The Balaban J connectivity index is 2.88. The summed E-state index contributed by atoms with van der Waals surface area (Å²) in [5, 5.41) is 7.73. The summed E-state index contributed by atoms with van der Waals surface area (Å²) in [6.07, 6.45) is 0. The Morgan fingerprint density at radius 2 is 1.64 bits per heavy atom. The Labute approximate surface area is 88.5 Å². The number of carboxylic acids is 1. The summed E-state index contributed by atoms with van der Waals surface area (Å²) in [7, 11) is 0. The molecule has 0 saturated heterocycles. The summed E-state index contributed by atoms with van der Waals surface area (Å²) in [4.78, 5) is 10.6. The summed E-state index contributed by atoms with van der Waals surface area (Å²) in [5.74, 6) is -0.563. The summed E-state index contributed by atoms with van der Waals surface area (Å²) < 4.78 is 0. The maximum Gasteiger partial charge on any atom is 0.326 e. The van der Waals surface area contributed by atoms with E-state index in [4.69, 9.17) is 16.7 Å². The number of hydrogen-bond donors (Lipinski definition) is 1. The van der Waals surface area contributed by atoms with Gasteiger partial charge in [0.05, 0.1) is 0 Å². The molecule has 14 heavy (non-hydrogen) atoms. The Bertz CT molecular complexity index is 317.